The second-order valence-electron chi connectivity index (χ2n) is 15.7. The minimum atomic E-state index is -0.106. The van der Waals surface area contributed by atoms with Crippen LogP contribution < -0.4 is 0 Å². The minimum absolute atomic E-state index is 0.0114. The van der Waals surface area contributed by atoms with Gasteiger partial charge in [-0.05, 0) is 90.9 Å². The molecular weight excluding hydrogens is 472 g/mol. The summed E-state index contributed by atoms with van der Waals surface area (Å²) in [6.45, 7) is 16.9. The Labute approximate surface area is 227 Å². The van der Waals surface area contributed by atoms with Crippen molar-refractivity contribution in [1.29, 1.82) is 0 Å². The van der Waals surface area contributed by atoms with Gasteiger partial charge in [-0.15, -0.1) is 10.2 Å². The number of aromatic nitrogens is 4. The molecule has 7 atom stereocenters. The molecule has 38 heavy (non-hydrogen) atoms. The van der Waals surface area contributed by atoms with Crippen LogP contribution in [0.15, 0.2) is 35.0 Å². The summed E-state index contributed by atoms with van der Waals surface area (Å²) in [7, 11) is 0. The fourth-order valence-electron chi connectivity index (χ4n) is 11.2. The van der Waals surface area contributed by atoms with E-state index in [1.807, 2.05) is 18.9 Å². The van der Waals surface area contributed by atoms with Crippen molar-refractivity contribution in [3.63, 3.8) is 0 Å². The largest absolute Gasteiger partial charge is 0.361 e. The van der Waals surface area contributed by atoms with Gasteiger partial charge in [0, 0.05) is 16.9 Å². The van der Waals surface area contributed by atoms with Crippen LogP contribution in [-0.4, -0.2) is 25.7 Å². The fourth-order valence-corrected chi connectivity index (χ4v) is 11.2. The van der Waals surface area contributed by atoms with Crippen LogP contribution in [0.5, 0.6) is 0 Å². The molecule has 0 unspecified atom stereocenters. The zero-order valence-electron chi connectivity index (χ0n) is 24.3. The van der Waals surface area contributed by atoms with Crippen molar-refractivity contribution >= 4 is 5.78 Å². The van der Waals surface area contributed by atoms with Gasteiger partial charge < -0.3 is 9.09 Å². The van der Waals surface area contributed by atoms with Gasteiger partial charge >= 0.3 is 0 Å². The fraction of sp³-hybridized carbons (Fsp3) is 0.750. The predicted molar refractivity (Wildman–Crippen MR) is 145 cm³/mol. The molecule has 6 nitrogen and oxygen atoms in total. The molecule has 0 aromatic carbocycles. The Morgan fingerprint density at radius 2 is 1.66 bits per heavy atom. The van der Waals surface area contributed by atoms with Crippen molar-refractivity contribution in [3.05, 3.63) is 41.8 Å². The van der Waals surface area contributed by atoms with Crippen molar-refractivity contribution < 1.29 is 9.32 Å². The van der Waals surface area contributed by atoms with Crippen LogP contribution in [0.4, 0.5) is 0 Å². The quantitative estimate of drug-likeness (QED) is 0.423. The number of carbonyl (C=O) groups is 1. The molecule has 2 heterocycles. The molecule has 0 spiro atoms. The van der Waals surface area contributed by atoms with Gasteiger partial charge in [0.15, 0.2) is 5.78 Å². The summed E-state index contributed by atoms with van der Waals surface area (Å²) in [5, 5.41) is 12.7. The van der Waals surface area contributed by atoms with Crippen LogP contribution in [0.2, 0.25) is 0 Å². The molecule has 6 heteroatoms. The highest BCUT2D eigenvalue weighted by atomic mass is 16.5. The summed E-state index contributed by atoms with van der Waals surface area (Å²) in [4.78, 5) is 14.6. The van der Waals surface area contributed by atoms with Gasteiger partial charge in [-0.1, -0.05) is 59.2 Å². The van der Waals surface area contributed by atoms with E-state index in [0.29, 0.717) is 17.6 Å². The van der Waals surface area contributed by atoms with E-state index in [2.05, 4.69) is 74.5 Å². The topological polar surface area (TPSA) is 73.8 Å². The summed E-state index contributed by atoms with van der Waals surface area (Å²) in [6.07, 6.45) is 16.6. The summed E-state index contributed by atoms with van der Waals surface area (Å²) >= 11 is 0. The molecule has 0 bridgehead atoms. The zero-order valence-corrected chi connectivity index (χ0v) is 24.3. The number of fused-ring (bicyclic) bond motifs is 8. The van der Waals surface area contributed by atoms with E-state index >= 15 is 0 Å². The number of ketones is 1. The highest BCUT2D eigenvalue weighted by Crippen LogP contribution is 2.74. The third-order valence-electron chi connectivity index (χ3n) is 13.2. The maximum atomic E-state index is 14.6. The molecule has 2 aromatic heterocycles. The molecule has 5 aliphatic rings. The van der Waals surface area contributed by atoms with Crippen LogP contribution in [0.25, 0.3) is 0 Å². The Bertz CT molecular complexity index is 1340. The van der Waals surface area contributed by atoms with Crippen LogP contribution in [-0.2, 0) is 22.2 Å². The summed E-state index contributed by atoms with van der Waals surface area (Å²) in [5.41, 5.74) is 2.54. The predicted octanol–water partition coefficient (Wildman–Crippen LogP) is 6.67. The lowest BCUT2D eigenvalue weighted by atomic mass is 9.34. The van der Waals surface area contributed by atoms with Crippen molar-refractivity contribution in [1.82, 2.24) is 19.9 Å². The maximum Gasteiger partial charge on any atom is 0.159 e. The van der Waals surface area contributed by atoms with E-state index < -0.39 is 0 Å². The molecule has 5 aliphatic carbocycles. The van der Waals surface area contributed by atoms with Gasteiger partial charge in [0.25, 0.3) is 0 Å². The third kappa shape index (κ3) is 2.80. The SMILES string of the molecule is CC1(C)CC[C@]2(n3cnnc3)CC[C@]3(C)[C@H](C(=O)C=C4[C@@]5(C)Cc6cnoc6C(C)(C)[C@@H]5CC[C@]43C)[C@@H]2C1. The number of hydrogen-bond acceptors (Lipinski definition) is 5. The monoisotopic (exact) mass is 516 g/mol. The van der Waals surface area contributed by atoms with E-state index in [1.165, 1.54) is 17.6 Å². The average Bonchev–Trinajstić information content (AvgIpc) is 3.53. The molecule has 0 radical (unpaired) electrons. The van der Waals surface area contributed by atoms with Crippen molar-refractivity contribution in [2.24, 2.45) is 39.4 Å². The van der Waals surface area contributed by atoms with Crippen molar-refractivity contribution in [2.75, 3.05) is 0 Å². The number of hydrogen-bond donors (Lipinski definition) is 0. The molecular formula is C32H44N4O2. The number of carbonyl (C=O) groups excluding carboxylic acids is 1. The van der Waals surface area contributed by atoms with Gasteiger partial charge in [-0.2, -0.15) is 0 Å². The zero-order chi connectivity index (χ0) is 26.9. The Morgan fingerprint density at radius 1 is 0.947 bits per heavy atom. The molecule has 0 amide bonds. The van der Waals surface area contributed by atoms with Gasteiger partial charge in [0.2, 0.25) is 0 Å². The Kier molecular flexibility index (Phi) is 4.75. The standard InChI is InChI=1S/C32H44N4O2/c1-27(2)10-12-32(36-18-33-34-19-36)13-11-31(7)25(21(32)16-27)22(37)14-24-29(5)15-20-17-35-38-26(20)28(3,4)23(29)8-9-30(24,31)6/h14,17-19,21,23,25H,8-13,15-16H2,1-7H3/t21-,23-,25-,29-,30+,31+,32-/m0/s1. The molecule has 0 saturated heterocycles. The van der Waals surface area contributed by atoms with E-state index in [-0.39, 0.29) is 38.5 Å². The molecule has 0 aliphatic heterocycles. The van der Waals surface area contributed by atoms with E-state index in [4.69, 9.17) is 4.52 Å². The third-order valence-corrected chi connectivity index (χ3v) is 13.2. The first-order valence-electron chi connectivity index (χ1n) is 14.8. The van der Waals surface area contributed by atoms with E-state index in [1.54, 1.807) is 0 Å². The second kappa shape index (κ2) is 7.28. The normalized spacial score (nSPS) is 44.7. The van der Waals surface area contributed by atoms with Crippen LogP contribution in [0.3, 0.4) is 0 Å². The molecule has 2 aromatic rings. The number of allylic oxidation sites excluding steroid dienone is 2. The van der Waals surface area contributed by atoms with E-state index in [0.717, 1.165) is 50.7 Å². The number of nitrogens with zero attached hydrogens (tertiary/aromatic N) is 4. The first kappa shape index (κ1) is 24.8. The first-order chi connectivity index (χ1) is 17.8. The van der Waals surface area contributed by atoms with Gasteiger partial charge in [0.1, 0.15) is 18.4 Å². The highest BCUT2D eigenvalue weighted by molar-refractivity contribution is 5.95. The van der Waals surface area contributed by atoms with Crippen LogP contribution >= 0.6 is 0 Å². The first-order valence-corrected chi connectivity index (χ1v) is 14.8. The molecule has 0 N–H and O–H groups in total. The smallest absolute Gasteiger partial charge is 0.159 e. The molecule has 3 saturated carbocycles. The second-order valence-corrected chi connectivity index (χ2v) is 15.7. The van der Waals surface area contributed by atoms with Gasteiger partial charge in [-0.25, -0.2) is 0 Å². The lowest BCUT2D eigenvalue weighted by molar-refractivity contribution is -0.168. The van der Waals surface area contributed by atoms with Crippen LogP contribution in [0, 0.1) is 39.4 Å². The Balaban J connectivity index is 1.39. The number of rotatable bonds is 1. The average molecular weight is 517 g/mol. The summed E-state index contributed by atoms with van der Waals surface area (Å²) < 4.78 is 8.12. The lowest BCUT2D eigenvalue weighted by Gasteiger charge is -2.69. The highest BCUT2D eigenvalue weighted by Gasteiger charge is 2.70. The summed E-state index contributed by atoms with van der Waals surface area (Å²) in [5.74, 6) is 2.17. The van der Waals surface area contributed by atoms with Gasteiger partial charge in [-0.3, -0.25) is 4.79 Å². The Morgan fingerprint density at radius 3 is 2.39 bits per heavy atom. The maximum absolute atomic E-state index is 14.6. The molecule has 3 fully saturated rings. The van der Waals surface area contributed by atoms with E-state index in [9.17, 15) is 4.79 Å². The lowest BCUT2D eigenvalue weighted by Crippen LogP contribution is -2.66. The molecule has 7 rings (SSSR count). The van der Waals surface area contributed by atoms with Crippen molar-refractivity contribution in [2.45, 2.75) is 111 Å². The Hall–Kier alpha value is -2.24. The van der Waals surface area contributed by atoms with Crippen LogP contribution in [0.1, 0.15) is 105 Å². The summed E-state index contributed by atoms with van der Waals surface area (Å²) in [6, 6.07) is 0. The molecule has 204 valence electrons. The van der Waals surface area contributed by atoms with Crippen molar-refractivity contribution in [3.8, 4) is 0 Å². The van der Waals surface area contributed by atoms with Gasteiger partial charge in [0.05, 0.1) is 11.7 Å². The minimum Gasteiger partial charge on any atom is -0.361 e.